The van der Waals surface area contributed by atoms with Gasteiger partial charge in [-0.15, -0.1) is 0 Å². The van der Waals surface area contributed by atoms with Crippen LogP contribution in [0.2, 0.25) is 0 Å². The summed E-state index contributed by atoms with van der Waals surface area (Å²) >= 11 is 0. The quantitative estimate of drug-likeness (QED) is 0.0914. The number of aliphatic imine (C=N–C) groups is 3. The Balaban J connectivity index is 0.929. The minimum absolute atomic E-state index is 0.166. The zero-order valence-electron chi connectivity index (χ0n) is 31.2. The summed E-state index contributed by atoms with van der Waals surface area (Å²) in [6.45, 7) is 4.37. The number of carbonyl (C=O) groups is 2. The lowest BCUT2D eigenvalue weighted by Gasteiger charge is -2.29. The fourth-order valence-corrected chi connectivity index (χ4v) is 7.27. The Morgan fingerprint density at radius 1 is 0.768 bits per heavy atom. The van der Waals surface area contributed by atoms with Crippen molar-refractivity contribution < 1.29 is 33.3 Å². The number of amides is 2. The normalized spacial score (nSPS) is 19.2. The predicted molar refractivity (Wildman–Crippen MR) is 215 cm³/mol. The van der Waals surface area contributed by atoms with Crippen molar-refractivity contribution in [3.05, 3.63) is 107 Å². The highest BCUT2D eigenvalue weighted by molar-refractivity contribution is 6.07. The molecule has 0 bridgehead atoms. The van der Waals surface area contributed by atoms with Crippen LogP contribution in [0.3, 0.4) is 0 Å². The number of rotatable bonds is 12. The van der Waals surface area contributed by atoms with E-state index >= 15 is 0 Å². The molecule has 4 aliphatic heterocycles. The summed E-state index contributed by atoms with van der Waals surface area (Å²) in [5, 5.41) is 0. The van der Waals surface area contributed by atoms with E-state index in [1.54, 1.807) is 59.8 Å². The molecule has 13 heteroatoms. The van der Waals surface area contributed by atoms with Crippen LogP contribution >= 0.6 is 0 Å². The molecule has 2 atom stereocenters. The van der Waals surface area contributed by atoms with Gasteiger partial charge in [0, 0.05) is 55.7 Å². The second kappa shape index (κ2) is 14.7. The zero-order chi connectivity index (χ0) is 39.0. The molecule has 284 valence electrons. The highest BCUT2D eigenvalue weighted by Gasteiger charge is 2.45. The molecule has 4 aromatic carbocycles. The molecule has 8 rings (SSSR count). The van der Waals surface area contributed by atoms with Crippen LogP contribution in [-0.4, -0.2) is 87.0 Å². The van der Waals surface area contributed by atoms with Crippen molar-refractivity contribution in [1.82, 2.24) is 9.80 Å². The van der Waals surface area contributed by atoms with E-state index in [0.717, 1.165) is 28.0 Å². The minimum Gasteiger partial charge on any atom is -0.497 e. The summed E-state index contributed by atoms with van der Waals surface area (Å²) < 4.78 is 28.8. The van der Waals surface area contributed by atoms with E-state index in [2.05, 4.69) is 11.7 Å². The first-order valence-corrected chi connectivity index (χ1v) is 18.1. The van der Waals surface area contributed by atoms with Crippen LogP contribution in [0.5, 0.6) is 28.7 Å². The Morgan fingerprint density at radius 2 is 1.38 bits per heavy atom. The maximum Gasteiger partial charge on any atom is 0.262 e. The van der Waals surface area contributed by atoms with Crippen LogP contribution in [0.4, 0.5) is 17.1 Å². The molecule has 0 saturated heterocycles. The molecule has 0 spiro atoms. The molecule has 13 nitrogen and oxygen atoms in total. The van der Waals surface area contributed by atoms with Gasteiger partial charge in [0.25, 0.3) is 11.8 Å². The van der Waals surface area contributed by atoms with Crippen LogP contribution in [0, 0.1) is 0 Å². The summed E-state index contributed by atoms with van der Waals surface area (Å²) in [6.07, 6.45) is 8.69. The SMILES string of the molecule is C=N[C@]12C=Nc3cc(OCCCOc4cc5c(cc4OC)C(=O)N4C=C(c6ccc(OC)cc6)C[C@H]4C=N5)c(OC)cc3C(=O)N1C=C(c1ccc(N)cc1)C2. The summed E-state index contributed by atoms with van der Waals surface area (Å²) in [6, 6.07) is 21.8. The number of nitrogens with zero attached hydrogens (tertiary/aromatic N) is 5. The van der Waals surface area contributed by atoms with Gasteiger partial charge in [-0.05, 0) is 65.4 Å². The molecule has 4 heterocycles. The lowest BCUT2D eigenvalue weighted by atomic mass is 9.99. The first kappa shape index (κ1) is 36.1. The second-order valence-electron chi connectivity index (χ2n) is 13.7. The number of fused-ring (bicyclic) bond motifs is 4. The molecule has 0 aromatic heterocycles. The molecule has 0 radical (unpaired) electrons. The van der Waals surface area contributed by atoms with Crippen LogP contribution in [0.25, 0.3) is 11.1 Å². The van der Waals surface area contributed by atoms with Gasteiger partial charge < -0.3 is 34.3 Å². The van der Waals surface area contributed by atoms with Crippen LogP contribution in [-0.2, 0) is 0 Å². The lowest BCUT2D eigenvalue weighted by Crippen LogP contribution is -2.44. The molecule has 2 amide bonds. The van der Waals surface area contributed by atoms with E-state index in [-0.39, 0.29) is 31.1 Å². The number of carbonyl (C=O) groups excluding carboxylic acids is 2. The van der Waals surface area contributed by atoms with Crippen LogP contribution in [0.1, 0.15) is 51.1 Å². The fraction of sp³-hybridized carbons (Fsp3) is 0.233. The highest BCUT2D eigenvalue weighted by Crippen LogP contribution is 2.44. The van der Waals surface area contributed by atoms with Gasteiger partial charge in [0.1, 0.15) is 5.75 Å². The largest absolute Gasteiger partial charge is 0.497 e. The maximum atomic E-state index is 14.0. The molecule has 4 aromatic rings. The first-order valence-electron chi connectivity index (χ1n) is 18.1. The predicted octanol–water partition coefficient (Wildman–Crippen LogP) is 7.11. The number of ether oxygens (including phenoxy) is 5. The van der Waals surface area contributed by atoms with E-state index in [1.807, 2.05) is 54.7 Å². The molecular weight excluding hydrogens is 713 g/mol. The van der Waals surface area contributed by atoms with Gasteiger partial charge in [0.05, 0.1) is 69.3 Å². The van der Waals surface area contributed by atoms with E-state index in [4.69, 9.17) is 39.4 Å². The number of hydrogen-bond acceptors (Lipinski definition) is 11. The van der Waals surface area contributed by atoms with Gasteiger partial charge in [0.2, 0.25) is 0 Å². The van der Waals surface area contributed by atoms with E-state index in [0.29, 0.717) is 70.4 Å². The van der Waals surface area contributed by atoms with Gasteiger partial charge in [-0.2, -0.15) is 0 Å². The third-order valence-corrected chi connectivity index (χ3v) is 10.3. The molecule has 0 fully saturated rings. The topological polar surface area (TPSA) is 150 Å². The summed E-state index contributed by atoms with van der Waals surface area (Å²) in [5.41, 5.74) is 11.1. The van der Waals surface area contributed by atoms with Gasteiger partial charge >= 0.3 is 0 Å². The van der Waals surface area contributed by atoms with Crippen molar-refractivity contribution in [2.75, 3.05) is 40.3 Å². The zero-order valence-corrected chi connectivity index (χ0v) is 31.2. The van der Waals surface area contributed by atoms with E-state index in [1.165, 1.54) is 14.2 Å². The van der Waals surface area contributed by atoms with Crippen molar-refractivity contribution in [2.24, 2.45) is 15.0 Å². The minimum atomic E-state index is -1.08. The monoisotopic (exact) mass is 752 g/mol. The van der Waals surface area contributed by atoms with E-state index < -0.39 is 5.66 Å². The molecule has 0 aliphatic carbocycles. The average molecular weight is 753 g/mol. The highest BCUT2D eigenvalue weighted by atomic mass is 16.5. The Labute approximate surface area is 324 Å². The van der Waals surface area contributed by atoms with Gasteiger partial charge in [0.15, 0.2) is 28.7 Å². The summed E-state index contributed by atoms with van der Waals surface area (Å²) in [5.74, 6) is 2.01. The number of nitrogens with two attached hydrogens (primary N) is 1. The maximum absolute atomic E-state index is 14.0. The average Bonchev–Trinajstić information content (AvgIpc) is 3.78. The lowest BCUT2D eigenvalue weighted by molar-refractivity contribution is 0.0756. The fourth-order valence-electron chi connectivity index (χ4n) is 7.27. The number of methoxy groups -OCH3 is 3. The standard InChI is InChI=1S/C43H40N6O7/c1-45-43-21-29(27-6-10-30(44)11-7-27)24-49(43)42(51)34-18-38(54-4)40(20-36(34)47-25-43)56-15-5-14-55-39-19-35-33(17-37(39)53-3)41(50)48-23-28(16-31(48)22-46-35)26-8-12-32(52-2)13-9-26/h6-13,17-20,22-25,31H,1,5,14-16,21,44H2,2-4H3/t31-,43-/m0/s1. The number of benzene rings is 4. The van der Waals surface area contributed by atoms with Crippen molar-refractivity contribution in [1.29, 1.82) is 0 Å². The van der Waals surface area contributed by atoms with Crippen molar-refractivity contribution in [3.8, 4) is 28.7 Å². The second-order valence-corrected chi connectivity index (χ2v) is 13.7. The van der Waals surface area contributed by atoms with Gasteiger partial charge in [-0.25, -0.2) is 0 Å². The van der Waals surface area contributed by atoms with Crippen molar-refractivity contribution >= 4 is 59.2 Å². The summed E-state index contributed by atoms with van der Waals surface area (Å²) in [7, 11) is 4.69. The Morgan fingerprint density at radius 3 is 2.00 bits per heavy atom. The number of anilines is 1. The van der Waals surface area contributed by atoms with Gasteiger partial charge in [-0.3, -0.25) is 29.5 Å². The molecule has 0 saturated carbocycles. The van der Waals surface area contributed by atoms with Crippen molar-refractivity contribution in [3.63, 3.8) is 0 Å². The Bertz CT molecular complexity index is 2350. The third kappa shape index (κ3) is 6.50. The van der Waals surface area contributed by atoms with E-state index in [9.17, 15) is 9.59 Å². The Kier molecular flexibility index (Phi) is 9.50. The smallest absolute Gasteiger partial charge is 0.262 e. The molecule has 4 aliphatic rings. The third-order valence-electron chi connectivity index (χ3n) is 10.3. The van der Waals surface area contributed by atoms with Crippen molar-refractivity contribution in [2.45, 2.75) is 31.0 Å². The Hall–Kier alpha value is -6.89. The number of hydrogen-bond donors (Lipinski definition) is 1. The first-order chi connectivity index (χ1) is 27.2. The summed E-state index contributed by atoms with van der Waals surface area (Å²) in [4.78, 5) is 44.8. The molecule has 2 N–H and O–H groups in total. The molecule has 56 heavy (non-hydrogen) atoms. The van der Waals surface area contributed by atoms with Gasteiger partial charge in [-0.1, -0.05) is 24.3 Å². The number of nitrogen functional groups attached to an aromatic ring is 1. The molecule has 0 unspecified atom stereocenters. The molecular formula is C43H40N6O7. The van der Waals surface area contributed by atoms with Crippen LogP contribution < -0.4 is 29.4 Å². The van der Waals surface area contributed by atoms with Crippen LogP contribution in [0.15, 0.2) is 100 Å².